The molecule has 1 fully saturated rings. The maximum atomic E-state index is 11.0. The lowest BCUT2D eigenvalue weighted by molar-refractivity contribution is 0.0689. The van der Waals surface area contributed by atoms with Crippen LogP contribution in [-0.2, 0) is 0 Å². The number of hydrogen-bond donors (Lipinski definition) is 2. The molecule has 150 valence electrons. The van der Waals surface area contributed by atoms with Gasteiger partial charge < -0.3 is 14.6 Å². The van der Waals surface area contributed by atoms with Gasteiger partial charge in [-0.05, 0) is 42.7 Å². The number of benzene rings is 1. The van der Waals surface area contributed by atoms with Crippen molar-refractivity contribution in [2.24, 2.45) is 0 Å². The normalized spacial score (nSPS) is 17.2. The van der Waals surface area contributed by atoms with Crippen molar-refractivity contribution in [1.29, 1.82) is 0 Å². The van der Waals surface area contributed by atoms with E-state index in [-0.39, 0.29) is 18.0 Å². The fourth-order valence-corrected chi connectivity index (χ4v) is 5.00. The summed E-state index contributed by atoms with van der Waals surface area (Å²) in [5.74, 6) is 1.06. The van der Waals surface area contributed by atoms with Crippen LogP contribution in [0.1, 0.15) is 29.3 Å². The third kappa shape index (κ3) is 3.42. The molecule has 0 bridgehead atoms. The van der Waals surface area contributed by atoms with E-state index in [0.29, 0.717) is 34.4 Å². The molecule has 7 nitrogen and oxygen atoms in total. The number of piperidine rings is 1. The third-order valence-electron chi connectivity index (χ3n) is 5.24. The molecule has 1 aromatic carbocycles. The smallest absolute Gasteiger partial charge is 0.230 e. The van der Waals surface area contributed by atoms with Crippen LogP contribution in [0.3, 0.4) is 0 Å². The van der Waals surface area contributed by atoms with Crippen LogP contribution >= 0.6 is 22.9 Å². The Labute approximate surface area is 175 Å². The van der Waals surface area contributed by atoms with E-state index in [9.17, 15) is 10.2 Å². The highest BCUT2D eigenvalue weighted by Gasteiger charge is 2.32. The Morgan fingerprint density at radius 1 is 1.17 bits per heavy atom. The van der Waals surface area contributed by atoms with Crippen molar-refractivity contribution in [2.45, 2.75) is 25.0 Å². The van der Waals surface area contributed by atoms with Gasteiger partial charge >= 0.3 is 0 Å². The Morgan fingerprint density at radius 3 is 2.59 bits per heavy atom. The standard InChI is InChI=1S/C20H19ClN4O3S/c21-13-5-3-12(4-6-13)16(24-9-7-14(26)8-10-24)17-19(27)25-20(29-17)22-18(23-25)15-2-1-11-28-15/h1-6,11,14,16,26-27H,7-10H2. The molecule has 1 atom stereocenters. The minimum absolute atomic E-state index is 0.0707. The van der Waals surface area contributed by atoms with E-state index in [4.69, 9.17) is 16.0 Å². The van der Waals surface area contributed by atoms with E-state index in [0.717, 1.165) is 23.5 Å². The molecule has 1 unspecified atom stereocenters. The summed E-state index contributed by atoms with van der Waals surface area (Å²) in [4.78, 5) is 8.16. The lowest BCUT2D eigenvalue weighted by Crippen LogP contribution is -2.38. The van der Waals surface area contributed by atoms with Gasteiger partial charge in [-0.1, -0.05) is 35.1 Å². The minimum atomic E-state index is -0.274. The first-order valence-electron chi connectivity index (χ1n) is 9.40. The van der Waals surface area contributed by atoms with Gasteiger partial charge in [-0.25, -0.2) is 0 Å². The molecule has 1 aliphatic rings. The average Bonchev–Trinajstić information content (AvgIpc) is 3.44. The van der Waals surface area contributed by atoms with E-state index in [1.165, 1.54) is 15.9 Å². The topological polar surface area (TPSA) is 87.0 Å². The second-order valence-corrected chi connectivity index (χ2v) is 8.56. The number of aliphatic hydroxyl groups excluding tert-OH is 1. The Balaban J connectivity index is 1.57. The number of likely N-dealkylation sites (tertiary alicyclic amines) is 1. The van der Waals surface area contributed by atoms with E-state index < -0.39 is 0 Å². The predicted molar refractivity (Wildman–Crippen MR) is 110 cm³/mol. The van der Waals surface area contributed by atoms with Gasteiger partial charge in [0.1, 0.15) is 0 Å². The lowest BCUT2D eigenvalue weighted by atomic mass is 9.99. The second-order valence-electron chi connectivity index (χ2n) is 7.12. The largest absolute Gasteiger partial charge is 0.492 e. The number of hydrogen-bond acceptors (Lipinski definition) is 7. The van der Waals surface area contributed by atoms with Gasteiger partial charge in [-0.2, -0.15) is 9.50 Å². The molecule has 0 saturated carbocycles. The molecular weight excluding hydrogens is 412 g/mol. The summed E-state index contributed by atoms with van der Waals surface area (Å²) in [5, 5.41) is 26.0. The first-order valence-corrected chi connectivity index (χ1v) is 10.6. The summed E-state index contributed by atoms with van der Waals surface area (Å²) in [7, 11) is 0. The third-order valence-corrected chi connectivity index (χ3v) is 6.56. The molecule has 2 N–H and O–H groups in total. The maximum Gasteiger partial charge on any atom is 0.230 e. The molecule has 1 aliphatic heterocycles. The summed E-state index contributed by atoms with van der Waals surface area (Å²) in [6.45, 7) is 1.47. The average molecular weight is 431 g/mol. The van der Waals surface area contributed by atoms with E-state index in [2.05, 4.69) is 15.0 Å². The number of nitrogens with zero attached hydrogens (tertiary/aromatic N) is 4. The van der Waals surface area contributed by atoms with Crippen molar-refractivity contribution < 1.29 is 14.6 Å². The van der Waals surface area contributed by atoms with Crippen LogP contribution in [0.5, 0.6) is 5.88 Å². The zero-order chi connectivity index (χ0) is 20.0. The lowest BCUT2D eigenvalue weighted by Gasteiger charge is -2.36. The summed E-state index contributed by atoms with van der Waals surface area (Å²) >= 11 is 7.49. The summed E-state index contributed by atoms with van der Waals surface area (Å²) in [6, 6.07) is 11.0. The Bertz CT molecular complexity index is 1110. The molecular formula is C20H19ClN4O3S. The SMILES string of the molecule is Oc1c(C(c2ccc(Cl)cc2)N2CCC(O)CC2)sc2nc(-c3ccco3)nn12. The molecule has 0 aliphatic carbocycles. The molecule has 1 saturated heterocycles. The second kappa shape index (κ2) is 7.46. The highest BCUT2D eigenvalue weighted by molar-refractivity contribution is 7.17. The summed E-state index contributed by atoms with van der Waals surface area (Å²) in [5.41, 5.74) is 1.02. The predicted octanol–water partition coefficient (Wildman–Crippen LogP) is 3.96. The van der Waals surface area contributed by atoms with Gasteiger partial charge in [0, 0.05) is 18.1 Å². The van der Waals surface area contributed by atoms with Gasteiger partial charge in [0.2, 0.25) is 16.7 Å². The summed E-state index contributed by atoms with van der Waals surface area (Å²) < 4.78 is 6.82. The molecule has 5 rings (SSSR count). The van der Waals surface area contributed by atoms with Crippen molar-refractivity contribution in [1.82, 2.24) is 19.5 Å². The number of aromatic nitrogens is 3. The van der Waals surface area contributed by atoms with Gasteiger partial charge in [-0.3, -0.25) is 4.90 Å². The van der Waals surface area contributed by atoms with Crippen molar-refractivity contribution in [3.63, 3.8) is 0 Å². The molecule has 4 aromatic rings. The van der Waals surface area contributed by atoms with Crippen LogP contribution in [0.2, 0.25) is 5.02 Å². The fourth-order valence-electron chi connectivity index (χ4n) is 3.76. The van der Waals surface area contributed by atoms with Crippen LogP contribution in [0.4, 0.5) is 0 Å². The van der Waals surface area contributed by atoms with Crippen LogP contribution in [0.25, 0.3) is 16.5 Å². The van der Waals surface area contributed by atoms with Gasteiger partial charge in [0.05, 0.1) is 23.3 Å². The molecule has 0 amide bonds. The van der Waals surface area contributed by atoms with Crippen LogP contribution in [0.15, 0.2) is 47.1 Å². The molecule has 0 radical (unpaired) electrons. The Hall–Kier alpha value is -2.39. The van der Waals surface area contributed by atoms with Crippen LogP contribution < -0.4 is 0 Å². The first kappa shape index (κ1) is 18.6. The van der Waals surface area contributed by atoms with Gasteiger partial charge in [-0.15, -0.1) is 5.10 Å². The number of rotatable bonds is 4. The fraction of sp³-hybridized carbons (Fsp3) is 0.300. The number of furan rings is 1. The van der Waals surface area contributed by atoms with E-state index >= 15 is 0 Å². The number of aromatic hydroxyl groups is 1. The number of halogens is 1. The zero-order valence-corrected chi connectivity index (χ0v) is 17.0. The molecule has 9 heteroatoms. The van der Waals surface area contributed by atoms with Gasteiger partial charge in [0.15, 0.2) is 5.76 Å². The van der Waals surface area contributed by atoms with Crippen LogP contribution in [0, 0.1) is 0 Å². The van der Waals surface area contributed by atoms with E-state index in [1.807, 2.05) is 24.3 Å². The van der Waals surface area contributed by atoms with Crippen molar-refractivity contribution in [2.75, 3.05) is 13.1 Å². The molecule has 29 heavy (non-hydrogen) atoms. The van der Waals surface area contributed by atoms with E-state index in [1.54, 1.807) is 18.4 Å². The Morgan fingerprint density at radius 2 is 1.93 bits per heavy atom. The summed E-state index contributed by atoms with van der Waals surface area (Å²) in [6.07, 6.45) is 2.70. The zero-order valence-electron chi connectivity index (χ0n) is 15.4. The van der Waals surface area contributed by atoms with Crippen molar-refractivity contribution in [3.8, 4) is 17.5 Å². The molecule has 3 aromatic heterocycles. The van der Waals surface area contributed by atoms with Crippen molar-refractivity contribution in [3.05, 3.63) is 58.1 Å². The monoisotopic (exact) mass is 430 g/mol. The number of thiazole rings is 1. The molecule has 0 spiro atoms. The number of aliphatic hydroxyl groups is 1. The quantitative estimate of drug-likeness (QED) is 0.509. The Kier molecular flexibility index (Phi) is 4.79. The maximum absolute atomic E-state index is 11.0. The molecule has 4 heterocycles. The first-order chi connectivity index (χ1) is 14.1. The van der Waals surface area contributed by atoms with Gasteiger partial charge in [0.25, 0.3) is 0 Å². The minimum Gasteiger partial charge on any atom is -0.492 e. The van der Waals surface area contributed by atoms with Crippen molar-refractivity contribution >= 4 is 27.9 Å². The highest BCUT2D eigenvalue weighted by Crippen LogP contribution is 2.41. The number of fused-ring (bicyclic) bond motifs is 1. The highest BCUT2D eigenvalue weighted by atomic mass is 35.5. The van der Waals surface area contributed by atoms with Crippen LogP contribution in [-0.4, -0.2) is 48.9 Å².